The fourth-order valence-electron chi connectivity index (χ4n) is 2.54. The monoisotopic (exact) mass is 284 g/mol. The molecule has 0 aromatic carbocycles. The maximum atomic E-state index is 14.0. The largest absolute Gasteiger partial charge is 0.368 e. The molecular formula is C14H22F2N4. The van der Waals surface area contributed by atoms with Crippen molar-refractivity contribution < 1.29 is 8.78 Å². The number of hydrogen-bond acceptors (Lipinski definition) is 4. The molecule has 1 N–H and O–H groups in total. The number of rotatable bonds is 4. The molecule has 1 fully saturated rings. The van der Waals surface area contributed by atoms with Crippen molar-refractivity contribution in [1.29, 1.82) is 0 Å². The van der Waals surface area contributed by atoms with Gasteiger partial charge in [-0.05, 0) is 33.9 Å². The van der Waals surface area contributed by atoms with E-state index in [1.165, 1.54) is 0 Å². The zero-order valence-corrected chi connectivity index (χ0v) is 12.3. The van der Waals surface area contributed by atoms with Crippen molar-refractivity contribution >= 4 is 11.6 Å². The Morgan fingerprint density at radius 1 is 1.40 bits per heavy atom. The molecule has 0 bridgehead atoms. The van der Waals surface area contributed by atoms with Gasteiger partial charge in [-0.3, -0.25) is 0 Å². The number of pyridine rings is 1. The Hall–Kier alpha value is -1.43. The van der Waals surface area contributed by atoms with E-state index in [0.717, 1.165) is 25.5 Å². The van der Waals surface area contributed by atoms with E-state index in [4.69, 9.17) is 0 Å². The predicted octanol–water partition coefficient (Wildman–Crippen LogP) is 2.32. The van der Waals surface area contributed by atoms with E-state index < -0.39 is 11.6 Å². The second kappa shape index (κ2) is 6.35. The van der Waals surface area contributed by atoms with Crippen LogP contribution in [0.15, 0.2) is 6.07 Å². The highest BCUT2D eigenvalue weighted by Gasteiger charge is 2.25. The number of nitrogens with zero attached hydrogens (tertiary/aromatic N) is 3. The number of piperidine rings is 1. The average Bonchev–Trinajstić information content (AvgIpc) is 2.42. The smallest absolute Gasteiger partial charge is 0.168 e. The summed E-state index contributed by atoms with van der Waals surface area (Å²) < 4.78 is 27.6. The van der Waals surface area contributed by atoms with Crippen LogP contribution in [-0.2, 0) is 0 Å². The first-order valence-corrected chi connectivity index (χ1v) is 7.04. The predicted molar refractivity (Wildman–Crippen MR) is 77.2 cm³/mol. The van der Waals surface area contributed by atoms with Crippen molar-refractivity contribution in [3.05, 3.63) is 17.7 Å². The van der Waals surface area contributed by atoms with E-state index in [1.54, 1.807) is 0 Å². The summed E-state index contributed by atoms with van der Waals surface area (Å²) in [6, 6.07) is 1.29. The SMILES string of the molecule is CCNc1nc(N2CCCC(N(C)C)C2)c(F)cc1F. The Morgan fingerprint density at radius 2 is 2.15 bits per heavy atom. The Balaban J connectivity index is 2.24. The van der Waals surface area contributed by atoms with Gasteiger partial charge in [-0.2, -0.15) is 0 Å². The van der Waals surface area contributed by atoms with E-state index in [1.807, 2.05) is 25.9 Å². The zero-order chi connectivity index (χ0) is 14.7. The molecule has 1 unspecified atom stereocenters. The van der Waals surface area contributed by atoms with Gasteiger partial charge in [0.15, 0.2) is 23.3 Å². The van der Waals surface area contributed by atoms with Gasteiger partial charge in [-0.1, -0.05) is 0 Å². The molecular weight excluding hydrogens is 262 g/mol. The van der Waals surface area contributed by atoms with Crippen LogP contribution in [0.3, 0.4) is 0 Å². The molecule has 1 aliphatic rings. The number of likely N-dealkylation sites (N-methyl/N-ethyl adjacent to an activating group) is 1. The molecule has 112 valence electrons. The topological polar surface area (TPSA) is 31.4 Å². The summed E-state index contributed by atoms with van der Waals surface area (Å²) in [5.74, 6) is -0.873. The van der Waals surface area contributed by atoms with Crippen molar-refractivity contribution in [3.8, 4) is 0 Å². The molecule has 6 heteroatoms. The van der Waals surface area contributed by atoms with Crippen LogP contribution < -0.4 is 10.2 Å². The molecule has 0 radical (unpaired) electrons. The van der Waals surface area contributed by atoms with Crippen molar-refractivity contribution in [2.24, 2.45) is 0 Å². The molecule has 1 atom stereocenters. The number of nitrogens with one attached hydrogen (secondary N) is 1. The van der Waals surface area contributed by atoms with Crippen LogP contribution >= 0.6 is 0 Å². The third-order valence-electron chi connectivity index (χ3n) is 3.68. The Morgan fingerprint density at radius 3 is 2.80 bits per heavy atom. The van der Waals surface area contributed by atoms with E-state index in [9.17, 15) is 8.78 Å². The van der Waals surface area contributed by atoms with Crippen molar-refractivity contribution in [2.75, 3.05) is 43.9 Å². The first-order valence-electron chi connectivity index (χ1n) is 7.04. The molecule has 2 heterocycles. The highest BCUT2D eigenvalue weighted by molar-refractivity contribution is 5.49. The van der Waals surface area contributed by atoms with Gasteiger partial charge >= 0.3 is 0 Å². The normalized spacial score (nSPS) is 19.5. The first kappa shape index (κ1) is 15.0. The lowest BCUT2D eigenvalue weighted by molar-refractivity contribution is 0.257. The third-order valence-corrected chi connectivity index (χ3v) is 3.68. The molecule has 4 nitrogen and oxygen atoms in total. The number of anilines is 2. The van der Waals surface area contributed by atoms with Crippen molar-refractivity contribution in [2.45, 2.75) is 25.8 Å². The van der Waals surface area contributed by atoms with E-state index in [0.29, 0.717) is 19.1 Å². The van der Waals surface area contributed by atoms with Gasteiger partial charge in [-0.15, -0.1) is 0 Å². The summed E-state index contributed by atoms with van der Waals surface area (Å²) in [5, 5.41) is 2.83. The van der Waals surface area contributed by atoms with Gasteiger partial charge in [0, 0.05) is 31.7 Å². The fourth-order valence-corrected chi connectivity index (χ4v) is 2.54. The molecule has 0 amide bonds. The molecule has 0 aliphatic carbocycles. The summed E-state index contributed by atoms with van der Waals surface area (Å²) in [7, 11) is 4.04. The molecule has 1 aromatic rings. The lowest BCUT2D eigenvalue weighted by Crippen LogP contribution is -2.45. The van der Waals surface area contributed by atoms with Gasteiger partial charge < -0.3 is 15.1 Å². The minimum atomic E-state index is -0.644. The van der Waals surface area contributed by atoms with E-state index in [2.05, 4.69) is 15.2 Å². The maximum absolute atomic E-state index is 14.0. The van der Waals surface area contributed by atoms with Gasteiger partial charge in [-0.25, -0.2) is 13.8 Å². The van der Waals surface area contributed by atoms with Crippen LogP contribution in [-0.4, -0.2) is 49.7 Å². The van der Waals surface area contributed by atoms with E-state index >= 15 is 0 Å². The number of hydrogen-bond donors (Lipinski definition) is 1. The summed E-state index contributed by atoms with van der Waals surface area (Å²) in [5.41, 5.74) is 0. The summed E-state index contributed by atoms with van der Waals surface area (Å²) in [4.78, 5) is 8.17. The van der Waals surface area contributed by atoms with Crippen LogP contribution in [0.4, 0.5) is 20.4 Å². The standard InChI is InChI=1S/C14H22F2N4/c1-4-17-13-11(15)8-12(16)14(18-13)20-7-5-6-10(9-20)19(2)3/h8,10H,4-7,9H2,1-3H3,(H,17,18). The number of aromatic nitrogens is 1. The summed E-state index contributed by atoms with van der Waals surface area (Å²) in [6.07, 6.45) is 2.07. The van der Waals surface area contributed by atoms with Gasteiger partial charge in [0.25, 0.3) is 0 Å². The van der Waals surface area contributed by atoms with E-state index in [-0.39, 0.29) is 11.6 Å². The average molecular weight is 284 g/mol. The van der Waals surface area contributed by atoms with Crippen molar-refractivity contribution in [1.82, 2.24) is 9.88 Å². The molecule has 1 saturated heterocycles. The van der Waals surface area contributed by atoms with Crippen LogP contribution in [0.5, 0.6) is 0 Å². The Bertz CT molecular complexity index is 465. The minimum Gasteiger partial charge on any atom is -0.368 e. The summed E-state index contributed by atoms with van der Waals surface area (Å²) >= 11 is 0. The molecule has 0 spiro atoms. The Kier molecular flexibility index (Phi) is 4.75. The van der Waals surface area contributed by atoms with Crippen LogP contribution in [0, 0.1) is 11.6 Å². The second-order valence-corrected chi connectivity index (χ2v) is 5.36. The van der Waals surface area contributed by atoms with Gasteiger partial charge in [0.1, 0.15) is 0 Å². The maximum Gasteiger partial charge on any atom is 0.168 e. The summed E-state index contributed by atoms with van der Waals surface area (Å²) in [6.45, 7) is 3.88. The fraction of sp³-hybridized carbons (Fsp3) is 0.643. The van der Waals surface area contributed by atoms with Crippen molar-refractivity contribution in [3.63, 3.8) is 0 Å². The molecule has 1 aliphatic heterocycles. The molecule has 0 saturated carbocycles. The molecule has 1 aromatic heterocycles. The van der Waals surface area contributed by atoms with Gasteiger partial charge in [0.05, 0.1) is 0 Å². The second-order valence-electron chi connectivity index (χ2n) is 5.36. The first-order chi connectivity index (χ1) is 9.52. The minimum absolute atomic E-state index is 0.121. The molecule has 20 heavy (non-hydrogen) atoms. The lowest BCUT2D eigenvalue weighted by Gasteiger charge is -2.37. The van der Waals surface area contributed by atoms with Crippen LogP contribution in [0.2, 0.25) is 0 Å². The van der Waals surface area contributed by atoms with Crippen LogP contribution in [0.1, 0.15) is 19.8 Å². The molecule has 2 rings (SSSR count). The number of halogens is 2. The Labute approximate surface area is 118 Å². The van der Waals surface area contributed by atoms with Crippen LogP contribution in [0.25, 0.3) is 0 Å². The lowest BCUT2D eigenvalue weighted by atomic mass is 10.0. The third kappa shape index (κ3) is 3.17. The van der Waals surface area contributed by atoms with Gasteiger partial charge in [0.2, 0.25) is 0 Å². The quantitative estimate of drug-likeness (QED) is 0.919. The highest BCUT2D eigenvalue weighted by atomic mass is 19.1. The highest BCUT2D eigenvalue weighted by Crippen LogP contribution is 2.26. The zero-order valence-electron chi connectivity index (χ0n) is 12.3.